The van der Waals surface area contributed by atoms with Crippen molar-refractivity contribution in [2.75, 3.05) is 14.2 Å². The highest BCUT2D eigenvalue weighted by Crippen LogP contribution is 2.34. The zero-order chi connectivity index (χ0) is 16.3. The Labute approximate surface area is 131 Å². The number of allylic oxidation sites excluding steroid dienone is 1. The number of oxime groups is 1. The van der Waals surface area contributed by atoms with E-state index in [1.54, 1.807) is 0 Å². The molecule has 1 atom stereocenters. The van der Waals surface area contributed by atoms with E-state index < -0.39 is 17.8 Å². The summed E-state index contributed by atoms with van der Waals surface area (Å²) in [5.41, 5.74) is 0.522. The molecule has 0 aliphatic carbocycles. The number of nitrogens with zero attached hydrogens (tertiary/aromatic N) is 1. The summed E-state index contributed by atoms with van der Waals surface area (Å²) in [5, 5.41) is 15.0. The molecule has 1 aromatic rings. The predicted octanol–water partition coefficient (Wildman–Crippen LogP) is 2.41. The summed E-state index contributed by atoms with van der Waals surface area (Å²) in [5.74, 6) is -1.37. The monoisotopic (exact) mass is 328 g/mol. The van der Waals surface area contributed by atoms with Gasteiger partial charge in [0.1, 0.15) is 5.70 Å². The average molecular weight is 329 g/mol. The van der Waals surface area contributed by atoms with Gasteiger partial charge in [-0.25, -0.2) is 9.18 Å². The van der Waals surface area contributed by atoms with Crippen LogP contribution in [0.4, 0.5) is 4.39 Å². The number of hydrogen-bond acceptors (Lipinski definition) is 6. The van der Waals surface area contributed by atoms with E-state index >= 15 is 0 Å². The molecule has 0 saturated carbocycles. The van der Waals surface area contributed by atoms with E-state index in [1.165, 1.54) is 32.4 Å². The molecule has 1 heterocycles. The van der Waals surface area contributed by atoms with Crippen LogP contribution in [0.2, 0.25) is 5.02 Å². The Balaban J connectivity index is 2.42. The maximum atomic E-state index is 14.5. The van der Waals surface area contributed by atoms with Crippen LogP contribution in [0.3, 0.4) is 0 Å². The number of halogens is 2. The van der Waals surface area contributed by atoms with Crippen LogP contribution in [0, 0.1) is 5.82 Å². The fraction of sp³-hybridized carbons (Fsp3) is 0.286. The van der Waals surface area contributed by atoms with Gasteiger partial charge in [-0.2, -0.15) is 0 Å². The molecule has 8 heteroatoms. The topological polar surface area (TPSA) is 80.2 Å². The lowest BCUT2D eigenvalue weighted by molar-refractivity contribution is -0.136. The van der Waals surface area contributed by atoms with E-state index in [1.807, 2.05) is 0 Å². The number of nitrogens with one attached hydrogen (secondary N) is 1. The lowest BCUT2D eigenvalue weighted by Crippen LogP contribution is -2.33. The molecule has 0 amide bonds. The molecule has 1 aliphatic rings. The fourth-order valence-electron chi connectivity index (χ4n) is 2.20. The van der Waals surface area contributed by atoms with Gasteiger partial charge in [-0.3, -0.25) is 0 Å². The van der Waals surface area contributed by atoms with Crippen LogP contribution < -0.4 is 10.1 Å². The maximum Gasteiger partial charge on any atom is 0.354 e. The van der Waals surface area contributed by atoms with Gasteiger partial charge < -0.3 is 20.0 Å². The molecule has 6 nitrogen and oxygen atoms in total. The number of rotatable bonds is 3. The molecule has 22 heavy (non-hydrogen) atoms. The molecule has 0 spiro atoms. The number of carbonyl (C=O) groups excluding carboxylic acids is 1. The molecule has 2 N–H and O–H groups in total. The first-order valence-electron chi connectivity index (χ1n) is 6.31. The highest BCUT2D eigenvalue weighted by molar-refractivity contribution is 6.32. The molecule has 1 unspecified atom stereocenters. The quantitative estimate of drug-likeness (QED) is 0.506. The molecular formula is C14H14ClFN2O4. The summed E-state index contributed by atoms with van der Waals surface area (Å²) in [7, 11) is 2.53. The molecule has 0 radical (unpaired) electrons. The predicted molar refractivity (Wildman–Crippen MR) is 77.8 cm³/mol. The first-order chi connectivity index (χ1) is 10.5. The Hall–Kier alpha value is -2.28. The van der Waals surface area contributed by atoms with E-state index in [0.717, 1.165) is 0 Å². The van der Waals surface area contributed by atoms with Crippen LogP contribution in [0.15, 0.2) is 29.1 Å². The van der Waals surface area contributed by atoms with Crippen molar-refractivity contribution in [2.45, 2.75) is 12.5 Å². The van der Waals surface area contributed by atoms with E-state index in [9.17, 15) is 9.18 Å². The lowest BCUT2D eigenvalue weighted by Gasteiger charge is -2.26. The molecule has 0 saturated heterocycles. The van der Waals surface area contributed by atoms with Gasteiger partial charge >= 0.3 is 5.97 Å². The van der Waals surface area contributed by atoms with Crippen molar-refractivity contribution >= 4 is 23.3 Å². The minimum atomic E-state index is -0.646. The summed E-state index contributed by atoms with van der Waals surface area (Å²) in [4.78, 5) is 11.6. The van der Waals surface area contributed by atoms with E-state index in [0.29, 0.717) is 0 Å². The van der Waals surface area contributed by atoms with E-state index in [2.05, 4.69) is 15.2 Å². The highest BCUT2D eigenvalue weighted by atomic mass is 35.5. The third-order valence-electron chi connectivity index (χ3n) is 3.25. The van der Waals surface area contributed by atoms with Crippen LogP contribution in [-0.4, -0.2) is 31.1 Å². The second-order valence-electron chi connectivity index (χ2n) is 4.53. The Morgan fingerprint density at radius 1 is 1.50 bits per heavy atom. The second-order valence-corrected chi connectivity index (χ2v) is 4.93. The van der Waals surface area contributed by atoms with Crippen molar-refractivity contribution in [3.8, 4) is 5.75 Å². The summed E-state index contributed by atoms with van der Waals surface area (Å²) < 4.78 is 24.0. The average Bonchev–Trinajstić information content (AvgIpc) is 2.54. The number of esters is 1. The maximum absolute atomic E-state index is 14.5. The van der Waals surface area contributed by atoms with Crippen LogP contribution >= 0.6 is 11.6 Å². The SMILES string of the molecule is COC(=O)C1=C/C(=N/O)CC(c2ccc(Cl)c(OC)c2F)N1. The van der Waals surface area contributed by atoms with Crippen molar-refractivity contribution < 1.29 is 23.9 Å². The van der Waals surface area contributed by atoms with Gasteiger partial charge in [0.2, 0.25) is 0 Å². The Morgan fingerprint density at radius 3 is 2.82 bits per heavy atom. The molecule has 2 rings (SSSR count). The summed E-state index contributed by atoms with van der Waals surface area (Å²) in [6, 6.07) is 2.34. The number of hydrogen-bond donors (Lipinski definition) is 2. The van der Waals surface area contributed by atoms with Gasteiger partial charge in [-0.15, -0.1) is 0 Å². The summed E-state index contributed by atoms with van der Waals surface area (Å²) in [6.07, 6.45) is 1.52. The smallest absolute Gasteiger partial charge is 0.354 e. The molecule has 1 aliphatic heterocycles. The van der Waals surface area contributed by atoms with Gasteiger partial charge in [-0.1, -0.05) is 22.8 Å². The first kappa shape index (κ1) is 16.1. The third-order valence-corrected chi connectivity index (χ3v) is 3.54. The standard InChI is InChI=1S/C14H14ClFN2O4/c1-21-13-9(15)4-3-8(12(13)16)10-5-7(18-20)6-11(17-10)14(19)22-2/h3-4,6,10,17,20H,5H2,1-2H3/b18-7+. The number of carbonyl (C=O) groups is 1. The van der Waals surface area contributed by atoms with Crippen LogP contribution in [0.1, 0.15) is 18.0 Å². The van der Waals surface area contributed by atoms with E-state index in [-0.39, 0.29) is 34.2 Å². The third kappa shape index (κ3) is 2.99. The largest absolute Gasteiger partial charge is 0.492 e. The highest BCUT2D eigenvalue weighted by Gasteiger charge is 2.28. The normalized spacial score (nSPS) is 19.4. The lowest BCUT2D eigenvalue weighted by atomic mass is 9.96. The number of benzene rings is 1. The van der Waals surface area contributed by atoms with Gasteiger partial charge in [0.25, 0.3) is 0 Å². The van der Waals surface area contributed by atoms with Gasteiger partial charge in [-0.05, 0) is 12.1 Å². The van der Waals surface area contributed by atoms with Gasteiger partial charge in [0.05, 0.1) is 31.0 Å². The Bertz CT molecular complexity index is 660. The molecule has 0 bridgehead atoms. The van der Waals surface area contributed by atoms with Crippen LogP contribution in [-0.2, 0) is 9.53 Å². The van der Waals surface area contributed by atoms with Crippen molar-refractivity contribution in [1.82, 2.24) is 5.32 Å². The second kappa shape index (κ2) is 6.65. The van der Waals surface area contributed by atoms with Crippen molar-refractivity contribution in [3.63, 3.8) is 0 Å². The number of ether oxygens (including phenoxy) is 2. The summed E-state index contributed by atoms with van der Waals surface area (Å²) in [6.45, 7) is 0. The van der Waals surface area contributed by atoms with Gasteiger partial charge in [0.15, 0.2) is 11.6 Å². The first-order valence-corrected chi connectivity index (χ1v) is 6.69. The molecule has 0 aromatic heterocycles. The molecule has 118 valence electrons. The molecular weight excluding hydrogens is 315 g/mol. The zero-order valence-electron chi connectivity index (χ0n) is 11.9. The van der Waals surface area contributed by atoms with Gasteiger partial charge in [0, 0.05) is 12.0 Å². The minimum absolute atomic E-state index is 0.0693. The van der Waals surface area contributed by atoms with Crippen molar-refractivity contribution in [2.24, 2.45) is 5.16 Å². The summed E-state index contributed by atoms with van der Waals surface area (Å²) >= 11 is 5.86. The number of methoxy groups -OCH3 is 2. The van der Waals surface area contributed by atoms with Crippen LogP contribution in [0.25, 0.3) is 0 Å². The van der Waals surface area contributed by atoms with Crippen LogP contribution in [0.5, 0.6) is 5.75 Å². The minimum Gasteiger partial charge on any atom is -0.492 e. The molecule has 0 fully saturated rings. The van der Waals surface area contributed by atoms with Crippen molar-refractivity contribution in [1.29, 1.82) is 0 Å². The Morgan fingerprint density at radius 2 is 2.23 bits per heavy atom. The zero-order valence-corrected chi connectivity index (χ0v) is 12.6. The Kier molecular flexibility index (Phi) is 4.87. The van der Waals surface area contributed by atoms with E-state index in [4.69, 9.17) is 21.5 Å². The fourth-order valence-corrected chi connectivity index (χ4v) is 2.43. The van der Waals surface area contributed by atoms with Crippen molar-refractivity contribution in [3.05, 3.63) is 40.3 Å². The molecule has 1 aromatic carbocycles.